The van der Waals surface area contributed by atoms with E-state index in [0.29, 0.717) is 24.6 Å². The van der Waals surface area contributed by atoms with E-state index in [9.17, 15) is 34.8 Å². The fourth-order valence-electron chi connectivity index (χ4n) is 2.51. The fourth-order valence-corrected chi connectivity index (χ4v) is 3.34. The van der Waals surface area contributed by atoms with Gasteiger partial charge in [-0.15, -0.1) is 0 Å². The van der Waals surface area contributed by atoms with E-state index in [-0.39, 0.29) is 16.9 Å². The molecule has 13 heteroatoms. The second kappa shape index (κ2) is 6.15. The Balaban J connectivity index is 2.29. The maximum Gasteiger partial charge on any atom is 0.433 e. The molecular formula is C15H10F6N4O2S. The molecular weight excluding hydrogens is 414 g/mol. The van der Waals surface area contributed by atoms with Gasteiger partial charge in [0.15, 0.2) is 15.7 Å². The zero-order valence-electron chi connectivity index (χ0n) is 14.1. The van der Waals surface area contributed by atoms with Crippen molar-refractivity contribution >= 4 is 20.9 Å². The summed E-state index contributed by atoms with van der Waals surface area (Å²) < 4.78 is 102. The Labute approximate surface area is 153 Å². The van der Waals surface area contributed by atoms with Crippen LogP contribution in [0.1, 0.15) is 11.3 Å². The molecule has 0 aliphatic carbocycles. The number of hydrogen-bond donors (Lipinski definition) is 0. The molecule has 0 amide bonds. The Bertz CT molecular complexity index is 1180. The third kappa shape index (κ3) is 3.53. The van der Waals surface area contributed by atoms with E-state index in [1.165, 1.54) is 11.6 Å². The number of nitrogens with zero attached hydrogens (tertiary/aromatic N) is 4. The lowest BCUT2D eigenvalue weighted by Gasteiger charge is -2.11. The van der Waals surface area contributed by atoms with E-state index in [2.05, 4.69) is 15.0 Å². The first-order chi connectivity index (χ1) is 12.7. The van der Waals surface area contributed by atoms with Crippen molar-refractivity contribution in [3.8, 4) is 11.5 Å². The number of pyridine rings is 2. The van der Waals surface area contributed by atoms with Crippen molar-refractivity contribution in [2.75, 3.05) is 6.26 Å². The van der Waals surface area contributed by atoms with Gasteiger partial charge >= 0.3 is 12.4 Å². The smallest absolute Gasteiger partial charge is 0.324 e. The van der Waals surface area contributed by atoms with Crippen molar-refractivity contribution in [2.45, 2.75) is 17.2 Å². The zero-order chi connectivity index (χ0) is 21.1. The number of fused-ring (bicyclic) bond motifs is 1. The summed E-state index contributed by atoms with van der Waals surface area (Å²) in [5.41, 5.74) is -2.96. The van der Waals surface area contributed by atoms with Crippen LogP contribution in [0.25, 0.3) is 22.6 Å². The lowest BCUT2D eigenvalue weighted by atomic mass is 10.2. The Morgan fingerprint density at radius 2 is 1.61 bits per heavy atom. The van der Waals surface area contributed by atoms with Crippen LogP contribution in [-0.4, -0.2) is 34.2 Å². The highest BCUT2D eigenvalue weighted by Crippen LogP contribution is 2.35. The van der Waals surface area contributed by atoms with Crippen LogP contribution < -0.4 is 0 Å². The standard InChI is InChI=1S/C15H10F6N4O2S/c1-25-9-6-22-11(15(19,20)21)4-8(9)24-13(25)12-10(28(2,26)27)3-7(5-23-12)14(16,17)18/h3-6H,1-2H3. The van der Waals surface area contributed by atoms with Crippen LogP contribution in [0.4, 0.5) is 26.3 Å². The van der Waals surface area contributed by atoms with Crippen LogP contribution in [0.2, 0.25) is 0 Å². The van der Waals surface area contributed by atoms with Crippen LogP contribution in [0, 0.1) is 0 Å². The summed E-state index contributed by atoms with van der Waals surface area (Å²) in [6.07, 6.45) is -7.54. The minimum atomic E-state index is -4.83. The van der Waals surface area contributed by atoms with Gasteiger partial charge in [-0.05, 0) is 12.1 Å². The topological polar surface area (TPSA) is 77.7 Å². The maximum absolute atomic E-state index is 12.9. The number of sulfone groups is 1. The van der Waals surface area contributed by atoms with Gasteiger partial charge in [-0.3, -0.25) is 4.98 Å². The fraction of sp³-hybridized carbons (Fsp3) is 0.267. The summed E-state index contributed by atoms with van der Waals surface area (Å²) in [5.74, 6) is -0.217. The molecule has 0 N–H and O–H groups in total. The quantitative estimate of drug-likeness (QED) is 0.589. The summed E-state index contributed by atoms with van der Waals surface area (Å²) in [6.45, 7) is 0. The van der Waals surface area contributed by atoms with Gasteiger partial charge in [-0.1, -0.05) is 0 Å². The summed E-state index contributed by atoms with van der Waals surface area (Å²) >= 11 is 0. The second-order valence-corrected chi connectivity index (χ2v) is 7.88. The van der Waals surface area contributed by atoms with E-state index in [1.807, 2.05) is 0 Å². The first-order valence-electron chi connectivity index (χ1n) is 7.37. The zero-order valence-corrected chi connectivity index (χ0v) is 14.9. The first-order valence-corrected chi connectivity index (χ1v) is 9.26. The molecule has 0 unspecified atom stereocenters. The summed E-state index contributed by atoms with van der Waals surface area (Å²) in [5, 5.41) is 0. The SMILES string of the molecule is Cn1c(-c2ncc(C(F)(F)F)cc2S(C)(=O)=O)nc2cc(C(F)(F)F)ncc21. The number of aryl methyl sites for hydroxylation is 1. The van der Waals surface area contributed by atoms with Gasteiger partial charge in [0.25, 0.3) is 0 Å². The molecule has 28 heavy (non-hydrogen) atoms. The van der Waals surface area contributed by atoms with Crippen LogP contribution in [-0.2, 0) is 29.2 Å². The van der Waals surface area contributed by atoms with Crippen LogP contribution in [0.3, 0.4) is 0 Å². The maximum atomic E-state index is 12.9. The Kier molecular flexibility index (Phi) is 4.41. The van der Waals surface area contributed by atoms with Crippen molar-refractivity contribution < 1.29 is 34.8 Å². The number of aromatic nitrogens is 4. The van der Waals surface area contributed by atoms with Gasteiger partial charge < -0.3 is 4.57 Å². The molecule has 0 aliphatic heterocycles. The van der Waals surface area contributed by atoms with Crippen LogP contribution in [0.15, 0.2) is 29.4 Å². The van der Waals surface area contributed by atoms with Crippen molar-refractivity contribution in [2.24, 2.45) is 7.05 Å². The Morgan fingerprint density at radius 3 is 2.14 bits per heavy atom. The van der Waals surface area contributed by atoms with Gasteiger partial charge in [0.05, 0.1) is 27.7 Å². The number of halogens is 6. The van der Waals surface area contributed by atoms with Crippen molar-refractivity contribution in [1.29, 1.82) is 0 Å². The average molecular weight is 424 g/mol. The number of rotatable bonds is 2. The van der Waals surface area contributed by atoms with Gasteiger partial charge in [-0.2, -0.15) is 26.3 Å². The average Bonchev–Trinajstić information content (AvgIpc) is 2.88. The minimum Gasteiger partial charge on any atom is -0.324 e. The third-order valence-corrected chi connectivity index (χ3v) is 4.96. The number of imidazole rings is 1. The molecule has 0 saturated heterocycles. The molecule has 0 aliphatic rings. The molecule has 0 atom stereocenters. The normalized spacial score (nSPS) is 13.3. The molecule has 0 aromatic carbocycles. The molecule has 3 aromatic rings. The highest BCUT2D eigenvalue weighted by Gasteiger charge is 2.35. The van der Waals surface area contributed by atoms with E-state index >= 15 is 0 Å². The Hall–Kier alpha value is -2.70. The molecule has 3 rings (SSSR count). The molecule has 0 bridgehead atoms. The van der Waals surface area contributed by atoms with Crippen molar-refractivity contribution in [3.63, 3.8) is 0 Å². The van der Waals surface area contributed by atoms with Crippen molar-refractivity contribution in [3.05, 3.63) is 35.8 Å². The monoisotopic (exact) mass is 424 g/mol. The molecule has 0 spiro atoms. The molecule has 0 fully saturated rings. The van der Waals surface area contributed by atoms with E-state index < -0.39 is 44.0 Å². The predicted molar refractivity (Wildman–Crippen MR) is 84.9 cm³/mol. The molecule has 0 radical (unpaired) electrons. The molecule has 0 saturated carbocycles. The van der Waals surface area contributed by atoms with E-state index in [1.54, 1.807) is 0 Å². The van der Waals surface area contributed by atoms with Crippen molar-refractivity contribution in [1.82, 2.24) is 19.5 Å². The summed E-state index contributed by atoms with van der Waals surface area (Å²) in [7, 11) is -2.81. The van der Waals surface area contributed by atoms with Crippen LogP contribution >= 0.6 is 0 Å². The highest BCUT2D eigenvalue weighted by molar-refractivity contribution is 7.90. The van der Waals surface area contributed by atoms with E-state index in [4.69, 9.17) is 0 Å². The lowest BCUT2D eigenvalue weighted by molar-refractivity contribution is -0.141. The number of alkyl halides is 6. The van der Waals surface area contributed by atoms with Gasteiger partial charge in [0, 0.05) is 19.5 Å². The second-order valence-electron chi connectivity index (χ2n) is 5.89. The van der Waals surface area contributed by atoms with Gasteiger partial charge in [0.1, 0.15) is 11.4 Å². The summed E-state index contributed by atoms with van der Waals surface area (Å²) in [6, 6.07) is 1.07. The summed E-state index contributed by atoms with van der Waals surface area (Å²) in [4.78, 5) is 10.1. The van der Waals surface area contributed by atoms with Gasteiger partial charge in [-0.25, -0.2) is 18.4 Å². The first kappa shape index (κ1) is 20.0. The third-order valence-electron chi connectivity index (χ3n) is 3.85. The molecule has 3 aromatic heterocycles. The Morgan fingerprint density at radius 1 is 0.964 bits per heavy atom. The largest absolute Gasteiger partial charge is 0.433 e. The van der Waals surface area contributed by atoms with Gasteiger partial charge in [0.2, 0.25) is 0 Å². The predicted octanol–water partition coefficient (Wildman–Crippen LogP) is 3.47. The number of hydrogen-bond acceptors (Lipinski definition) is 5. The highest BCUT2D eigenvalue weighted by atomic mass is 32.2. The molecule has 3 heterocycles. The minimum absolute atomic E-state index is 0.115. The lowest BCUT2D eigenvalue weighted by Crippen LogP contribution is -2.11. The molecule has 150 valence electrons. The van der Waals surface area contributed by atoms with Crippen LogP contribution in [0.5, 0.6) is 0 Å². The van der Waals surface area contributed by atoms with E-state index in [0.717, 1.165) is 6.20 Å². The molecule has 6 nitrogen and oxygen atoms in total.